The Labute approximate surface area is 132 Å². The summed E-state index contributed by atoms with van der Waals surface area (Å²) in [5.41, 5.74) is 2.28. The van der Waals surface area contributed by atoms with Gasteiger partial charge in [0.1, 0.15) is 0 Å². The molecule has 0 unspecified atom stereocenters. The van der Waals surface area contributed by atoms with Crippen LogP contribution in [-0.4, -0.2) is 27.4 Å². The molecule has 0 bridgehead atoms. The molecule has 22 heavy (non-hydrogen) atoms. The largest absolute Gasteiger partial charge is 0.416 e. The molecule has 1 aliphatic heterocycles. The lowest BCUT2D eigenvalue weighted by atomic mass is 9.83. The van der Waals surface area contributed by atoms with Crippen LogP contribution in [0.25, 0.3) is 0 Å². The molecule has 1 aromatic carbocycles. The molecule has 0 aliphatic carbocycles. The van der Waals surface area contributed by atoms with Crippen LogP contribution in [0, 0.1) is 0 Å². The van der Waals surface area contributed by atoms with Gasteiger partial charge in [0, 0.05) is 11.3 Å². The molecule has 0 atom stereocenters. The van der Waals surface area contributed by atoms with Gasteiger partial charge in [0.15, 0.2) is 9.04 Å². The zero-order chi connectivity index (χ0) is 16.7. The Hall–Kier alpha value is -1.27. The SMILES string of the molecule is C[SiH](C)OCc1c(N2CC(F)(F)C2=O)cccc1C(C)(C)C. The molecule has 0 N–H and O–H groups in total. The second-order valence-electron chi connectivity index (χ2n) is 7.01. The zero-order valence-corrected chi connectivity index (χ0v) is 14.9. The minimum absolute atomic E-state index is 0.149. The van der Waals surface area contributed by atoms with Crippen molar-refractivity contribution in [2.45, 2.75) is 51.8 Å². The molecule has 1 fully saturated rings. The third-order valence-electron chi connectivity index (χ3n) is 3.73. The molecule has 1 aromatic rings. The Morgan fingerprint density at radius 3 is 2.41 bits per heavy atom. The summed E-state index contributed by atoms with van der Waals surface area (Å²) in [6.45, 7) is 10.1. The number of rotatable bonds is 4. The average Bonchev–Trinajstić information content (AvgIpc) is 2.41. The number of halogens is 2. The molecule has 2 rings (SSSR count). The fourth-order valence-corrected chi connectivity index (χ4v) is 3.07. The van der Waals surface area contributed by atoms with Gasteiger partial charge < -0.3 is 9.33 Å². The maximum absolute atomic E-state index is 13.2. The summed E-state index contributed by atoms with van der Waals surface area (Å²) in [6, 6.07) is 5.52. The number of carbonyl (C=O) groups is 1. The number of alkyl halides is 2. The van der Waals surface area contributed by atoms with Crippen LogP contribution in [-0.2, 0) is 21.2 Å². The zero-order valence-electron chi connectivity index (χ0n) is 13.7. The highest BCUT2D eigenvalue weighted by molar-refractivity contribution is 6.48. The van der Waals surface area contributed by atoms with Crippen molar-refractivity contribution >= 4 is 20.6 Å². The normalized spacial score (nSPS) is 17.8. The van der Waals surface area contributed by atoms with Gasteiger partial charge in [-0.1, -0.05) is 32.9 Å². The van der Waals surface area contributed by atoms with E-state index in [1.807, 2.05) is 12.1 Å². The summed E-state index contributed by atoms with van der Waals surface area (Å²) >= 11 is 0. The van der Waals surface area contributed by atoms with Gasteiger partial charge in [-0.3, -0.25) is 4.79 Å². The van der Waals surface area contributed by atoms with Crippen LogP contribution in [0.2, 0.25) is 13.1 Å². The molecule has 1 heterocycles. The number of amides is 1. The van der Waals surface area contributed by atoms with Gasteiger partial charge >= 0.3 is 5.92 Å². The molecule has 1 saturated heterocycles. The fraction of sp³-hybridized carbons (Fsp3) is 0.562. The van der Waals surface area contributed by atoms with Gasteiger partial charge in [0.25, 0.3) is 5.91 Å². The van der Waals surface area contributed by atoms with E-state index >= 15 is 0 Å². The van der Waals surface area contributed by atoms with Crippen molar-refractivity contribution in [3.8, 4) is 0 Å². The molecule has 0 radical (unpaired) electrons. The van der Waals surface area contributed by atoms with Crippen LogP contribution in [0.3, 0.4) is 0 Å². The van der Waals surface area contributed by atoms with Crippen LogP contribution in [0.5, 0.6) is 0 Å². The van der Waals surface area contributed by atoms with Gasteiger partial charge in [-0.05, 0) is 30.1 Å². The van der Waals surface area contributed by atoms with Crippen LogP contribution in [0.1, 0.15) is 31.9 Å². The molecule has 122 valence electrons. The van der Waals surface area contributed by atoms with E-state index in [1.165, 1.54) is 0 Å². The molecular weight excluding hydrogens is 304 g/mol. The quantitative estimate of drug-likeness (QED) is 0.626. The molecule has 3 nitrogen and oxygen atoms in total. The van der Waals surface area contributed by atoms with Crippen molar-refractivity contribution in [2.24, 2.45) is 0 Å². The molecule has 1 aliphatic rings. The lowest BCUT2D eigenvalue weighted by Crippen LogP contribution is -2.62. The first-order chi connectivity index (χ1) is 10.0. The molecular formula is C16H23F2NO2Si. The Bertz CT molecular complexity index is 582. The van der Waals surface area contributed by atoms with E-state index in [4.69, 9.17) is 4.43 Å². The van der Waals surface area contributed by atoms with Crippen LogP contribution in [0.15, 0.2) is 18.2 Å². The van der Waals surface area contributed by atoms with E-state index in [9.17, 15) is 13.6 Å². The van der Waals surface area contributed by atoms with E-state index in [1.54, 1.807) is 6.07 Å². The average molecular weight is 327 g/mol. The number of benzene rings is 1. The minimum atomic E-state index is -3.23. The van der Waals surface area contributed by atoms with Gasteiger partial charge in [-0.25, -0.2) is 0 Å². The highest BCUT2D eigenvalue weighted by Crippen LogP contribution is 2.39. The number of hydrogen-bond donors (Lipinski definition) is 0. The summed E-state index contributed by atoms with van der Waals surface area (Å²) < 4.78 is 32.3. The van der Waals surface area contributed by atoms with Crippen molar-refractivity contribution in [2.75, 3.05) is 11.4 Å². The highest BCUT2D eigenvalue weighted by atomic mass is 28.3. The van der Waals surface area contributed by atoms with Gasteiger partial charge in [0.2, 0.25) is 0 Å². The lowest BCUT2D eigenvalue weighted by Gasteiger charge is -2.39. The Kier molecular flexibility index (Phi) is 4.46. The first-order valence-corrected chi connectivity index (χ1v) is 10.3. The first-order valence-electron chi connectivity index (χ1n) is 7.48. The van der Waals surface area contributed by atoms with Gasteiger partial charge in [-0.2, -0.15) is 8.78 Å². The second kappa shape index (κ2) is 5.74. The van der Waals surface area contributed by atoms with E-state index in [-0.39, 0.29) is 5.41 Å². The predicted molar refractivity (Wildman–Crippen MR) is 86.1 cm³/mol. The number of β-lactam (4-membered cyclic amide) rings is 1. The van der Waals surface area contributed by atoms with Crippen molar-refractivity contribution in [3.05, 3.63) is 29.3 Å². The van der Waals surface area contributed by atoms with E-state index < -0.39 is 27.4 Å². The van der Waals surface area contributed by atoms with E-state index in [0.717, 1.165) is 16.0 Å². The molecule has 0 spiro atoms. The van der Waals surface area contributed by atoms with Gasteiger partial charge in [0.05, 0.1) is 13.2 Å². The first kappa shape index (κ1) is 17.1. The summed E-state index contributed by atoms with van der Waals surface area (Å²) in [5.74, 6) is -4.36. The summed E-state index contributed by atoms with van der Waals surface area (Å²) in [4.78, 5) is 12.8. The number of nitrogens with zero attached hydrogens (tertiary/aromatic N) is 1. The summed E-state index contributed by atoms with van der Waals surface area (Å²) in [7, 11) is -1.25. The van der Waals surface area contributed by atoms with Gasteiger partial charge in [-0.15, -0.1) is 0 Å². The Balaban J connectivity index is 2.43. The Morgan fingerprint density at radius 2 is 1.95 bits per heavy atom. The minimum Gasteiger partial charge on any atom is -0.416 e. The van der Waals surface area contributed by atoms with Crippen LogP contribution in [0.4, 0.5) is 14.5 Å². The van der Waals surface area contributed by atoms with Crippen LogP contribution < -0.4 is 4.90 Å². The number of anilines is 1. The van der Waals surface area contributed by atoms with E-state index in [2.05, 4.69) is 33.9 Å². The van der Waals surface area contributed by atoms with Crippen molar-refractivity contribution < 1.29 is 18.0 Å². The van der Waals surface area contributed by atoms with Crippen LogP contribution >= 0.6 is 0 Å². The summed E-state index contributed by atoms with van der Waals surface area (Å²) in [6.07, 6.45) is 0. The fourth-order valence-electron chi connectivity index (χ4n) is 2.57. The number of carbonyl (C=O) groups excluding carboxylic acids is 1. The maximum Gasteiger partial charge on any atom is 0.342 e. The predicted octanol–water partition coefficient (Wildman–Crippen LogP) is 3.47. The maximum atomic E-state index is 13.2. The molecule has 1 amide bonds. The third kappa shape index (κ3) is 3.22. The smallest absolute Gasteiger partial charge is 0.342 e. The standard InChI is InChI=1S/C16H23F2NO2Si/c1-15(2,3)12-7-6-8-13(11(12)9-21-22(4)5)19-10-16(17,18)14(19)20/h6-8,22H,9-10H2,1-5H3. The van der Waals surface area contributed by atoms with Crippen molar-refractivity contribution in [3.63, 3.8) is 0 Å². The Morgan fingerprint density at radius 1 is 1.32 bits per heavy atom. The monoisotopic (exact) mass is 327 g/mol. The van der Waals surface area contributed by atoms with Crippen molar-refractivity contribution in [1.82, 2.24) is 0 Å². The number of hydrogen-bond acceptors (Lipinski definition) is 2. The van der Waals surface area contributed by atoms with E-state index in [0.29, 0.717) is 12.3 Å². The topological polar surface area (TPSA) is 29.5 Å². The lowest BCUT2D eigenvalue weighted by molar-refractivity contribution is -0.152. The molecule has 0 aromatic heterocycles. The second-order valence-corrected chi connectivity index (χ2v) is 9.44. The molecule has 6 heteroatoms. The van der Waals surface area contributed by atoms with Crippen molar-refractivity contribution in [1.29, 1.82) is 0 Å². The summed E-state index contributed by atoms with van der Waals surface area (Å²) in [5, 5.41) is 0. The highest BCUT2D eigenvalue weighted by Gasteiger charge is 2.55. The third-order valence-corrected chi connectivity index (χ3v) is 4.56. The molecule has 0 saturated carbocycles.